The smallest absolute Gasteiger partial charge is 0.283 e. The zero-order valence-corrected chi connectivity index (χ0v) is 21.1. The summed E-state index contributed by atoms with van der Waals surface area (Å²) in [6.45, 7) is 6.21. The first kappa shape index (κ1) is 26.9. The summed E-state index contributed by atoms with van der Waals surface area (Å²) >= 11 is 0. The number of aliphatic hydroxyl groups excluding tert-OH is 4. The van der Waals surface area contributed by atoms with E-state index in [1.165, 1.54) is 5.56 Å². The minimum Gasteiger partial charge on any atom is -0.394 e. The Hall–Kier alpha value is -3.12. The highest BCUT2D eigenvalue weighted by atomic mass is 16.6. The molecule has 5 atom stereocenters. The van der Waals surface area contributed by atoms with Crippen molar-refractivity contribution in [2.24, 2.45) is 0 Å². The number of aromatic nitrogens is 2. The third-order valence-corrected chi connectivity index (χ3v) is 6.45. The molecule has 0 bridgehead atoms. The first-order valence-electron chi connectivity index (χ1n) is 12.2. The number of ether oxygens (including phenoxy) is 1. The number of nitrogens with one attached hydrogen (secondary N) is 2. The summed E-state index contributed by atoms with van der Waals surface area (Å²) in [6.07, 6.45) is -6.95. The van der Waals surface area contributed by atoms with E-state index < -0.39 is 43.2 Å². The molecule has 3 aromatic rings. The van der Waals surface area contributed by atoms with Crippen LogP contribution in [0, 0.1) is 0 Å². The van der Waals surface area contributed by atoms with Gasteiger partial charge < -0.3 is 25.2 Å². The van der Waals surface area contributed by atoms with Gasteiger partial charge in [0.25, 0.3) is 5.91 Å². The van der Waals surface area contributed by atoms with Gasteiger partial charge in [0.15, 0.2) is 6.23 Å². The lowest BCUT2D eigenvalue weighted by molar-refractivity contribution is -0.238. The maximum atomic E-state index is 13.2. The van der Waals surface area contributed by atoms with E-state index in [9.17, 15) is 25.2 Å². The third-order valence-electron chi connectivity index (χ3n) is 6.45. The highest BCUT2D eigenvalue weighted by Gasteiger charge is 2.43. The van der Waals surface area contributed by atoms with Gasteiger partial charge in [-0.2, -0.15) is 5.10 Å². The summed E-state index contributed by atoms with van der Waals surface area (Å²) < 4.78 is 6.99. The van der Waals surface area contributed by atoms with E-state index in [4.69, 9.17) is 4.74 Å². The Kier molecular flexibility index (Phi) is 8.08. The van der Waals surface area contributed by atoms with E-state index >= 15 is 0 Å². The molecule has 2 aromatic carbocycles. The van der Waals surface area contributed by atoms with Crippen molar-refractivity contribution in [3.05, 3.63) is 77.5 Å². The van der Waals surface area contributed by atoms with Crippen LogP contribution in [0.1, 0.15) is 42.4 Å². The average molecular weight is 511 g/mol. The molecule has 1 amide bonds. The summed E-state index contributed by atoms with van der Waals surface area (Å²) in [5.74, 6) is -0.544. The summed E-state index contributed by atoms with van der Waals surface area (Å²) in [5, 5.41) is 44.2. The van der Waals surface area contributed by atoms with E-state index in [0.717, 1.165) is 11.1 Å². The molecule has 1 aliphatic rings. The first-order valence-corrected chi connectivity index (χ1v) is 12.2. The lowest BCUT2D eigenvalue weighted by Crippen LogP contribution is -2.64. The van der Waals surface area contributed by atoms with Crippen LogP contribution < -0.4 is 10.9 Å². The number of nitrogens with zero attached hydrogens (tertiary/aromatic N) is 2. The topological polar surface area (TPSA) is 149 Å². The molecule has 1 saturated heterocycles. The number of rotatable bonds is 7. The highest BCUT2D eigenvalue weighted by molar-refractivity contribution is 5.93. The zero-order chi connectivity index (χ0) is 26.7. The van der Waals surface area contributed by atoms with Crippen LogP contribution >= 0.6 is 0 Å². The van der Waals surface area contributed by atoms with E-state index in [1.807, 2.05) is 42.5 Å². The maximum Gasteiger partial charge on any atom is 0.283 e. The van der Waals surface area contributed by atoms with Crippen LogP contribution in [-0.4, -0.2) is 73.4 Å². The van der Waals surface area contributed by atoms with Crippen LogP contribution in [0.5, 0.6) is 0 Å². The molecule has 1 unspecified atom stereocenters. The molecule has 10 heteroatoms. The van der Waals surface area contributed by atoms with Gasteiger partial charge in [-0.15, -0.1) is 0 Å². The van der Waals surface area contributed by atoms with Gasteiger partial charge in [0.05, 0.1) is 18.8 Å². The van der Waals surface area contributed by atoms with Crippen molar-refractivity contribution >= 4 is 5.91 Å². The fourth-order valence-corrected chi connectivity index (χ4v) is 4.17. The standard InChI is InChI=1S/C27H34N4O6/c1-27(2,3)18-11-9-16(10-12-18)14-31-20(13-19(30-31)17-7-5-4-6-8-17)25(36)28-29-26-24(35)23(34)22(33)21(15-32)37-26/h4-13,21-24,26,29,32-35H,14-15H2,1-3H3,(H,28,36)/t21-,22-,23+,24-,26?/m1/s1. The van der Waals surface area contributed by atoms with Gasteiger partial charge in [-0.3, -0.25) is 14.9 Å². The minimum atomic E-state index is -1.56. The lowest BCUT2D eigenvalue weighted by Gasteiger charge is -2.40. The Bertz CT molecular complexity index is 1190. The Morgan fingerprint density at radius 2 is 1.68 bits per heavy atom. The largest absolute Gasteiger partial charge is 0.394 e. The molecular weight excluding hydrogens is 476 g/mol. The van der Waals surface area contributed by atoms with Gasteiger partial charge in [-0.25, -0.2) is 5.43 Å². The number of benzene rings is 2. The van der Waals surface area contributed by atoms with Crippen molar-refractivity contribution < 1.29 is 30.0 Å². The quantitative estimate of drug-likeness (QED) is 0.257. The van der Waals surface area contributed by atoms with Gasteiger partial charge in [0, 0.05) is 5.56 Å². The number of hydrogen-bond acceptors (Lipinski definition) is 8. The van der Waals surface area contributed by atoms with Gasteiger partial charge >= 0.3 is 0 Å². The van der Waals surface area contributed by atoms with Gasteiger partial charge in [-0.05, 0) is 22.6 Å². The van der Waals surface area contributed by atoms with Crippen molar-refractivity contribution in [2.45, 2.75) is 63.4 Å². The molecule has 37 heavy (non-hydrogen) atoms. The van der Waals surface area contributed by atoms with Crippen molar-refractivity contribution in [3.63, 3.8) is 0 Å². The molecule has 6 N–H and O–H groups in total. The third kappa shape index (κ3) is 6.07. The fraction of sp³-hybridized carbons (Fsp3) is 0.407. The van der Waals surface area contributed by atoms with Gasteiger partial charge in [0.2, 0.25) is 0 Å². The van der Waals surface area contributed by atoms with Crippen LogP contribution in [0.3, 0.4) is 0 Å². The molecule has 0 spiro atoms. The van der Waals surface area contributed by atoms with Crippen LogP contribution in [0.2, 0.25) is 0 Å². The predicted molar refractivity (Wildman–Crippen MR) is 136 cm³/mol. The van der Waals surface area contributed by atoms with E-state index in [-0.39, 0.29) is 11.1 Å². The number of hydrazine groups is 1. The van der Waals surface area contributed by atoms with Crippen LogP contribution in [0.15, 0.2) is 60.7 Å². The maximum absolute atomic E-state index is 13.2. The van der Waals surface area contributed by atoms with Gasteiger partial charge in [-0.1, -0.05) is 75.4 Å². The molecule has 0 radical (unpaired) electrons. The Morgan fingerprint density at radius 1 is 1.00 bits per heavy atom. The van der Waals surface area contributed by atoms with Crippen LogP contribution in [-0.2, 0) is 16.7 Å². The zero-order valence-electron chi connectivity index (χ0n) is 21.1. The molecule has 198 valence electrons. The number of carbonyl (C=O) groups is 1. The summed E-state index contributed by atoms with van der Waals surface area (Å²) in [5.41, 5.74) is 8.95. The second-order valence-corrected chi connectivity index (χ2v) is 10.2. The Balaban J connectivity index is 1.55. The van der Waals surface area contributed by atoms with Crippen molar-refractivity contribution in [2.75, 3.05) is 6.61 Å². The molecule has 1 aromatic heterocycles. The summed E-state index contributed by atoms with van der Waals surface area (Å²) in [7, 11) is 0. The summed E-state index contributed by atoms with van der Waals surface area (Å²) in [6, 6.07) is 19.3. The second-order valence-electron chi connectivity index (χ2n) is 10.2. The van der Waals surface area contributed by atoms with Crippen molar-refractivity contribution in [1.82, 2.24) is 20.6 Å². The summed E-state index contributed by atoms with van der Waals surface area (Å²) in [4.78, 5) is 13.2. The monoisotopic (exact) mass is 510 g/mol. The Morgan fingerprint density at radius 3 is 2.30 bits per heavy atom. The predicted octanol–water partition coefficient (Wildman–Crippen LogP) is 0.930. The molecule has 2 heterocycles. The number of hydrogen-bond donors (Lipinski definition) is 6. The number of amides is 1. The molecule has 4 rings (SSSR count). The van der Waals surface area contributed by atoms with Crippen molar-refractivity contribution in [1.29, 1.82) is 0 Å². The normalized spacial score (nSPS) is 24.1. The van der Waals surface area contributed by atoms with E-state index in [1.54, 1.807) is 10.7 Å². The van der Waals surface area contributed by atoms with Crippen molar-refractivity contribution in [3.8, 4) is 11.3 Å². The lowest BCUT2D eigenvalue weighted by atomic mass is 9.87. The highest BCUT2D eigenvalue weighted by Crippen LogP contribution is 2.24. The average Bonchev–Trinajstić information content (AvgIpc) is 3.31. The molecular formula is C27H34N4O6. The number of aliphatic hydroxyl groups is 4. The van der Waals surface area contributed by atoms with E-state index in [0.29, 0.717) is 12.2 Å². The van der Waals surface area contributed by atoms with Crippen LogP contribution in [0.25, 0.3) is 11.3 Å². The minimum absolute atomic E-state index is 0.0197. The molecule has 1 fully saturated rings. The Labute approximate surface area is 215 Å². The fourth-order valence-electron chi connectivity index (χ4n) is 4.17. The van der Waals surface area contributed by atoms with E-state index in [2.05, 4.69) is 48.9 Å². The first-order chi connectivity index (χ1) is 17.6. The molecule has 0 aliphatic carbocycles. The second kappa shape index (κ2) is 11.1. The van der Waals surface area contributed by atoms with Crippen LogP contribution in [0.4, 0.5) is 0 Å². The SMILES string of the molecule is CC(C)(C)c1ccc(Cn2nc(-c3ccccc3)cc2C(=O)NNC2O[C@H](CO)[C@@H](O)[C@H](O)[C@H]2O)cc1. The van der Waals surface area contributed by atoms with Gasteiger partial charge in [0.1, 0.15) is 30.1 Å². The molecule has 10 nitrogen and oxygen atoms in total. The molecule has 1 aliphatic heterocycles. The molecule has 0 saturated carbocycles. The number of carbonyl (C=O) groups excluding carboxylic acids is 1.